The largest absolute Gasteiger partial charge is 0.370 e. The number of hydrogen-bond donors (Lipinski definition) is 2. The Bertz CT molecular complexity index is 616. The van der Waals surface area contributed by atoms with Crippen molar-refractivity contribution in [1.29, 1.82) is 0 Å². The van der Waals surface area contributed by atoms with Gasteiger partial charge in [-0.25, -0.2) is 9.97 Å². The Kier molecular flexibility index (Phi) is 7.74. The third-order valence-electron chi connectivity index (χ3n) is 3.76. The minimum Gasteiger partial charge on any atom is -0.370 e. The molecule has 0 aliphatic carbocycles. The Balaban J connectivity index is 1.74. The van der Waals surface area contributed by atoms with Gasteiger partial charge in [0.15, 0.2) is 0 Å². The fourth-order valence-corrected chi connectivity index (χ4v) is 2.40. The van der Waals surface area contributed by atoms with E-state index < -0.39 is 0 Å². The molecule has 0 aliphatic rings. The van der Waals surface area contributed by atoms with Gasteiger partial charge in [0, 0.05) is 19.2 Å². The topological polar surface area (TPSA) is 66.9 Å². The maximum absolute atomic E-state index is 12.0. The predicted octanol–water partition coefficient (Wildman–Crippen LogP) is 3.44. The van der Waals surface area contributed by atoms with Crippen LogP contribution < -0.4 is 10.6 Å². The van der Waals surface area contributed by atoms with Gasteiger partial charge >= 0.3 is 0 Å². The zero-order chi connectivity index (χ0) is 17.0. The normalized spacial score (nSPS) is 10.4. The van der Waals surface area contributed by atoms with Crippen molar-refractivity contribution in [2.45, 2.75) is 39.0 Å². The number of aryl methyl sites for hydroxylation is 1. The van der Waals surface area contributed by atoms with E-state index in [4.69, 9.17) is 0 Å². The predicted molar refractivity (Wildman–Crippen MR) is 97.1 cm³/mol. The molecule has 0 spiro atoms. The monoisotopic (exact) mass is 326 g/mol. The molecule has 2 rings (SSSR count). The lowest BCUT2D eigenvalue weighted by molar-refractivity contribution is 0.0948. The second-order valence-electron chi connectivity index (χ2n) is 5.77. The minimum absolute atomic E-state index is 0.138. The molecule has 0 atom stereocenters. The Morgan fingerprint density at radius 1 is 1.04 bits per heavy atom. The number of nitrogens with one attached hydrogen (secondary N) is 2. The van der Waals surface area contributed by atoms with Crippen LogP contribution in [0.1, 0.15) is 48.7 Å². The summed E-state index contributed by atoms with van der Waals surface area (Å²) in [7, 11) is 0. The molecule has 1 aromatic carbocycles. The third kappa shape index (κ3) is 6.36. The van der Waals surface area contributed by atoms with Crippen molar-refractivity contribution in [3.8, 4) is 0 Å². The van der Waals surface area contributed by atoms with E-state index in [0.717, 1.165) is 38.6 Å². The molecule has 5 nitrogen and oxygen atoms in total. The number of aromatic nitrogens is 2. The van der Waals surface area contributed by atoms with Crippen LogP contribution in [-0.2, 0) is 6.42 Å². The lowest BCUT2D eigenvalue weighted by Crippen LogP contribution is -2.25. The van der Waals surface area contributed by atoms with Crippen LogP contribution in [0, 0.1) is 0 Å². The molecule has 2 N–H and O–H groups in total. The fourth-order valence-electron chi connectivity index (χ4n) is 2.40. The van der Waals surface area contributed by atoms with Crippen LogP contribution in [0.15, 0.2) is 42.7 Å². The first-order valence-electron chi connectivity index (χ1n) is 8.67. The second kappa shape index (κ2) is 10.4. The van der Waals surface area contributed by atoms with Gasteiger partial charge in [-0.2, -0.15) is 0 Å². The van der Waals surface area contributed by atoms with Crippen molar-refractivity contribution in [1.82, 2.24) is 15.3 Å². The smallest absolute Gasteiger partial charge is 0.270 e. The first kappa shape index (κ1) is 17.9. The maximum atomic E-state index is 12.0. The van der Waals surface area contributed by atoms with Gasteiger partial charge < -0.3 is 10.6 Å². The number of hydrogen-bond acceptors (Lipinski definition) is 4. The van der Waals surface area contributed by atoms with Crippen LogP contribution in [0.3, 0.4) is 0 Å². The number of unbranched alkanes of at least 4 members (excludes halogenated alkanes) is 2. The van der Waals surface area contributed by atoms with Crippen LogP contribution in [-0.4, -0.2) is 29.0 Å². The summed E-state index contributed by atoms with van der Waals surface area (Å²) in [6, 6.07) is 12.1. The van der Waals surface area contributed by atoms with Crippen LogP contribution in [0.2, 0.25) is 0 Å². The van der Waals surface area contributed by atoms with Gasteiger partial charge in [-0.15, -0.1) is 0 Å². The number of carbonyl (C=O) groups excluding carboxylic acids is 1. The molecule has 128 valence electrons. The molecule has 1 aromatic heterocycles. The zero-order valence-corrected chi connectivity index (χ0v) is 14.3. The lowest BCUT2D eigenvalue weighted by Gasteiger charge is -2.08. The van der Waals surface area contributed by atoms with Gasteiger partial charge in [0.1, 0.15) is 17.8 Å². The first-order chi connectivity index (χ1) is 11.8. The highest BCUT2D eigenvalue weighted by atomic mass is 16.1. The van der Waals surface area contributed by atoms with E-state index in [9.17, 15) is 4.79 Å². The average molecular weight is 326 g/mol. The molecule has 0 unspecified atom stereocenters. The highest BCUT2D eigenvalue weighted by Crippen LogP contribution is 2.06. The average Bonchev–Trinajstić information content (AvgIpc) is 2.63. The van der Waals surface area contributed by atoms with E-state index in [0.29, 0.717) is 18.1 Å². The standard InChI is InChI=1S/C19H26N4O/c1-2-3-7-12-21-19(24)17-14-18(23-15-22-17)20-13-8-11-16-9-5-4-6-10-16/h4-6,9-10,14-15H,2-3,7-8,11-13H2,1H3,(H,21,24)(H,20,22,23). The summed E-state index contributed by atoms with van der Waals surface area (Å²) in [5.41, 5.74) is 1.74. The molecule has 5 heteroatoms. The molecular formula is C19H26N4O. The molecule has 2 aromatic rings. The van der Waals surface area contributed by atoms with Crippen LogP contribution in [0.4, 0.5) is 5.82 Å². The van der Waals surface area contributed by atoms with Gasteiger partial charge in [-0.1, -0.05) is 50.1 Å². The summed E-state index contributed by atoms with van der Waals surface area (Å²) in [6.07, 6.45) is 6.72. The van der Waals surface area contributed by atoms with E-state index in [1.54, 1.807) is 6.07 Å². The molecule has 1 amide bonds. The second-order valence-corrected chi connectivity index (χ2v) is 5.77. The van der Waals surface area contributed by atoms with E-state index in [-0.39, 0.29) is 5.91 Å². The summed E-state index contributed by atoms with van der Waals surface area (Å²) < 4.78 is 0. The Morgan fingerprint density at radius 2 is 1.88 bits per heavy atom. The van der Waals surface area contributed by atoms with Crippen LogP contribution in [0.5, 0.6) is 0 Å². The Morgan fingerprint density at radius 3 is 2.67 bits per heavy atom. The number of nitrogens with zero attached hydrogens (tertiary/aromatic N) is 2. The number of rotatable bonds is 10. The van der Waals surface area contributed by atoms with Crippen molar-refractivity contribution < 1.29 is 4.79 Å². The van der Waals surface area contributed by atoms with Gasteiger partial charge in [-0.3, -0.25) is 4.79 Å². The van der Waals surface area contributed by atoms with Crippen molar-refractivity contribution in [3.63, 3.8) is 0 Å². The number of anilines is 1. The van der Waals surface area contributed by atoms with E-state index in [1.807, 2.05) is 6.07 Å². The Hall–Kier alpha value is -2.43. The summed E-state index contributed by atoms with van der Waals surface area (Å²) in [5.74, 6) is 0.553. The van der Waals surface area contributed by atoms with Crippen molar-refractivity contribution in [3.05, 3.63) is 54.0 Å². The van der Waals surface area contributed by atoms with Crippen molar-refractivity contribution in [2.75, 3.05) is 18.4 Å². The Labute approximate surface area is 143 Å². The maximum Gasteiger partial charge on any atom is 0.270 e. The summed E-state index contributed by atoms with van der Waals surface area (Å²) in [6.45, 7) is 3.64. The summed E-state index contributed by atoms with van der Waals surface area (Å²) in [5, 5.41) is 6.15. The van der Waals surface area contributed by atoms with Crippen LogP contribution in [0.25, 0.3) is 0 Å². The molecule has 1 heterocycles. The highest BCUT2D eigenvalue weighted by molar-refractivity contribution is 5.92. The summed E-state index contributed by atoms with van der Waals surface area (Å²) >= 11 is 0. The van der Waals surface area contributed by atoms with E-state index >= 15 is 0 Å². The molecule has 0 fully saturated rings. The van der Waals surface area contributed by atoms with Gasteiger partial charge in [-0.05, 0) is 24.8 Å². The molecule has 24 heavy (non-hydrogen) atoms. The van der Waals surface area contributed by atoms with E-state index in [1.165, 1.54) is 11.9 Å². The quantitative estimate of drug-likeness (QED) is 0.656. The zero-order valence-electron chi connectivity index (χ0n) is 14.3. The first-order valence-corrected chi connectivity index (χ1v) is 8.67. The lowest BCUT2D eigenvalue weighted by atomic mass is 10.1. The van der Waals surface area contributed by atoms with Crippen LogP contribution >= 0.6 is 0 Å². The molecule has 0 aliphatic heterocycles. The molecule has 0 saturated carbocycles. The highest BCUT2D eigenvalue weighted by Gasteiger charge is 2.07. The number of amides is 1. The molecular weight excluding hydrogens is 300 g/mol. The fraction of sp³-hybridized carbons (Fsp3) is 0.421. The van der Waals surface area contributed by atoms with Crippen molar-refractivity contribution in [2.24, 2.45) is 0 Å². The van der Waals surface area contributed by atoms with Gasteiger partial charge in [0.2, 0.25) is 0 Å². The minimum atomic E-state index is -0.138. The van der Waals surface area contributed by atoms with Gasteiger partial charge in [0.05, 0.1) is 0 Å². The molecule has 0 bridgehead atoms. The molecule has 0 saturated heterocycles. The van der Waals surface area contributed by atoms with Crippen molar-refractivity contribution >= 4 is 11.7 Å². The molecule has 0 radical (unpaired) electrons. The van der Waals surface area contributed by atoms with Gasteiger partial charge in [0.25, 0.3) is 5.91 Å². The summed E-state index contributed by atoms with van der Waals surface area (Å²) in [4.78, 5) is 20.3. The number of benzene rings is 1. The SMILES string of the molecule is CCCCCNC(=O)c1cc(NCCCc2ccccc2)ncn1. The van der Waals surface area contributed by atoms with E-state index in [2.05, 4.69) is 51.8 Å². The third-order valence-corrected chi connectivity index (χ3v) is 3.76. The number of carbonyl (C=O) groups is 1.